The van der Waals surface area contributed by atoms with Crippen LogP contribution in [-0.4, -0.2) is 26.8 Å². The fraction of sp³-hybridized carbons (Fsp3) is 0.400. The van der Waals surface area contributed by atoms with Gasteiger partial charge in [0.05, 0.1) is 10.1 Å². The van der Waals surface area contributed by atoms with Gasteiger partial charge in [-0.05, 0) is 37.2 Å². The Morgan fingerprint density at radius 3 is 2.47 bits per heavy atom. The molecular formula is C10H12FNO2S. The summed E-state index contributed by atoms with van der Waals surface area (Å²) in [7, 11) is -3.28. The van der Waals surface area contributed by atoms with Crippen molar-refractivity contribution in [2.75, 3.05) is 13.1 Å². The van der Waals surface area contributed by atoms with Crippen LogP contribution in [0.25, 0.3) is 0 Å². The van der Waals surface area contributed by atoms with Gasteiger partial charge in [0.25, 0.3) is 0 Å². The van der Waals surface area contributed by atoms with E-state index in [4.69, 9.17) is 0 Å². The number of hydrogen-bond donors (Lipinski definition) is 1. The van der Waals surface area contributed by atoms with Gasteiger partial charge in [-0.3, -0.25) is 0 Å². The molecule has 1 aromatic carbocycles. The number of sulfone groups is 1. The zero-order valence-corrected chi connectivity index (χ0v) is 8.93. The molecule has 2 rings (SSSR count). The summed E-state index contributed by atoms with van der Waals surface area (Å²) in [6.45, 7) is 1.21. The van der Waals surface area contributed by atoms with Gasteiger partial charge in [0, 0.05) is 6.54 Å². The van der Waals surface area contributed by atoms with Crippen LogP contribution in [0.2, 0.25) is 0 Å². The van der Waals surface area contributed by atoms with Crippen molar-refractivity contribution in [1.82, 2.24) is 5.32 Å². The lowest BCUT2D eigenvalue weighted by molar-refractivity contribution is 0.582. The van der Waals surface area contributed by atoms with Gasteiger partial charge in [-0.1, -0.05) is 0 Å². The van der Waals surface area contributed by atoms with E-state index in [-0.39, 0.29) is 10.1 Å². The van der Waals surface area contributed by atoms with Crippen LogP contribution in [0.4, 0.5) is 4.39 Å². The SMILES string of the molecule is O=S(=O)(c1ccc(F)cc1)[C@H]1CCNC1. The third kappa shape index (κ3) is 2.03. The highest BCUT2D eigenvalue weighted by Crippen LogP contribution is 2.20. The largest absolute Gasteiger partial charge is 0.315 e. The Morgan fingerprint density at radius 2 is 1.93 bits per heavy atom. The second-order valence-electron chi connectivity index (χ2n) is 3.61. The van der Waals surface area contributed by atoms with Crippen molar-refractivity contribution in [3.05, 3.63) is 30.1 Å². The minimum atomic E-state index is -3.28. The molecule has 3 nitrogen and oxygen atoms in total. The van der Waals surface area contributed by atoms with Gasteiger partial charge >= 0.3 is 0 Å². The first-order chi connectivity index (χ1) is 7.10. The monoisotopic (exact) mass is 229 g/mol. The Balaban J connectivity index is 2.32. The molecule has 1 aromatic rings. The van der Waals surface area contributed by atoms with Crippen molar-refractivity contribution in [2.24, 2.45) is 0 Å². The van der Waals surface area contributed by atoms with Crippen molar-refractivity contribution >= 4 is 9.84 Å². The molecule has 0 aliphatic carbocycles. The van der Waals surface area contributed by atoms with E-state index < -0.39 is 15.7 Å². The molecule has 0 aromatic heterocycles. The third-order valence-electron chi connectivity index (χ3n) is 2.60. The highest BCUT2D eigenvalue weighted by molar-refractivity contribution is 7.92. The first-order valence-electron chi connectivity index (χ1n) is 4.81. The molecular weight excluding hydrogens is 217 g/mol. The molecule has 82 valence electrons. The minimum absolute atomic E-state index is 0.206. The zero-order chi connectivity index (χ0) is 10.9. The van der Waals surface area contributed by atoms with Gasteiger partial charge in [-0.2, -0.15) is 0 Å². The summed E-state index contributed by atoms with van der Waals surface area (Å²) in [5.41, 5.74) is 0. The Morgan fingerprint density at radius 1 is 1.27 bits per heavy atom. The van der Waals surface area contributed by atoms with Crippen LogP contribution in [0.1, 0.15) is 6.42 Å². The Kier molecular flexibility index (Phi) is 2.75. The lowest BCUT2D eigenvalue weighted by Gasteiger charge is -2.09. The van der Waals surface area contributed by atoms with Gasteiger partial charge in [-0.25, -0.2) is 12.8 Å². The standard InChI is InChI=1S/C10H12FNO2S/c11-8-1-3-9(4-2-8)15(13,14)10-5-6-12-7-10/h1-4,10,12H,5-7H2/t10-/m0/s1. The summed E-state index contributed by atoms with van der Waals surface area (Å²) < 4.78 is 36.6. The summed E-state index contributed by atoms with van der Waals surface area (Å²) in [6, 6.07) is 5.00. The summed E-state index contributed by atoms with van der Waals surface area (Å²) in [6.07, 6.45) is 0.625. The average molecular weight is 229 g/mol. The predicted octanol–water partition coefficient (Wildman–Crippen LogP) is 0.961. The molecule has 1 aliphatic rings. The second-order valence-corrected chi connectivity index (χ2v) is 5.84. The van der Waals surface area contributed by atoms with Crippen LogP contribution in [0.15, 0.2) is 29.2 Å². The second kappa shape index (κ2) is 3.90. The lowest BCUT2D eigenvalue weighted by atomic mass is 10.3. The van der Waals surface area contributed by atoms with E-state index in [2.05, 4.69) is 5.32 Å². The number of hydrogen-bond acceptors (Lipinski definition) is 3. The smallest absolute Gasteiger partial charge is 0.182 e. The number of halogens is 1. The Labute approximate surface area is 88.2 Å². The predicted molar refractivity (Wildman–Crippen MR) is 54.9 cm³/mol. The van der Waals surface area contributed by atoms with E-state index in [0.717, 1.165) is 6.54 Å². The van der Waals surface area contributed by atoms with Gasteiger partial charge in [0.1, 0.15) is 5.82 Å². The molecule has 1 N–H and O–H groups in total. The van der Waals surface area contributed by atoms with E-state index in [0.29, 0.717) is 13.0 Å². The molecule has 1 aliphatic heterocycles. The van der Waals surface area contributed by atoms with Gasteiger partial charge in [0.15, 0.2) is 9.84 Å². The summed E-state index contributed by atoms with van der Waals surface area (Å²) in [5, 5.41) is 2.63. The topological polar surface area (TPSA) is 46.2 Å². The van der Waals surface area contributed by atoms with Crippen LogP contribution < -0.4 is 5.32 Å². The number of rotatable bonds is 2. The molecule has 1 saturated heterocycles. The van der Waals surface area contributed by atoms with Crippen LogP contribution in [0, 0.1) is 5.82 Å². The molecule has 0 bridgehead atoms. The highest BCUT2D eigenvalue weighted by atomic mass is 32.2. The van der Waals surface area contributed by atoms with E-state index in [9.17, 15) is 12.8 Å². The first kappa shape index (κ1) is 10.6. The fourth-order valence-corrected chi connectivity index (χ4v) is 3.38. The number of benzene rings is 1. The molecule has 0 amide bonds. The normalized spacial score (nSPS) is 21.8. The maximum Gasteiger partial charge on any atom is 0.182 e. The molecule has 1 heterocycles. The van der Waals surface area contributed by atoms with Crippen LogP contribution in [0.3, 0.4) is 0 Å². The van der Waals surface area contributed by atoms with Gasteiger partial charge < -0.3 is 5.32 Å². The molecule has 0 spiro atoms. The van der Waals surface area contributed by atoms with Crippen molar-refractivity contribution in [3.63, 3.8) is 0 Å². The van der Waals surface area contributed by atoms with E-state index >= 15 is 0 Å². The fourth-order valence-electron chi connectivity index (χ4n) is 1.71. The van der Waals surface area contributed by atoms with Gasteiger partial charge in [0.2, 0.25) is 0 Å². The van der Waals surface area contributed by atoms with Crippen molar-refractivity contribution < 1.29 is 12.8 Å². The Hall–Kier alpha value is -0.940. The molecule has 0 unspecified atom stereocenters. The average Bonchev–Trinajstić information content (AvgIpc) is 2.71. The first-order valence-corrected chi connectivity index (χ1v) is 6.35. The highest BCUT2D eigenvalue weighted by Gasteiger charge is 2.29. The van der Waals surface area contributed by atoms with E-state index in [1.165, 1.54) is 24.3 Å². The quantitative estimate of drug-likeness (QED) is 0.768. The molecule has 5 heteroatoms. The molecule has 1 atom stereocenters. The Bertz CT molecular complexity index is 435. The minimum Gasteiger partial charge on any atom is -0.315 e. The number of nitrogens with one attached hydrogen (secondary N) is 1. The maximum absolute atomic E-state index is 12.6. The molecule has 0 saturated carbocycles. The third-order valence-corrected chi connectivity index (χ3v) is 4.81. The zero-order valence-electron chi connectivity index (χ0n) is 8.11. The lowest BCUT2D eigenvalue weighted by Crippen LogP contribution is -2.23. The van der Waals surface area contributed by atoms with Crippen LogP contribution >= 0.6 is 0 Å². The van der Waals surface area contributed by atoms with E-state index in [1.54, 1.807) is 0 Å². The van der Waals surface area contributed by atoms with Crippen LogP contribution in [0.5, 0.6) is 0 Å². The maximum atomic E-state index is 12.6. The van der Waals surface area contributed by atoms with Crippen molar-refractivity contribution in [1.29, 1.82) is 0 Å². The summed E-state index contributed by atoms with van der Waals surface area (Å²) in [5.74, 6) is -0.418. The van der Waals surface area contributed by atoms with Crippen molar-refractivity contribution in [2.45, 2.75) is 16.6 Å². The van der Waals surface area contributed by atoms with Crippen molar-refractivity contribution in [3.8, 4) is 0 Å². The summed E-state index contributed by atoms with van der Waals surface area (Å²) in [4.78, 5) is 0.206. The molecule has 1 fully saturated rings. The van der Waals surface area contributed by atoms with E-state index in [1.807, 2.05) is 0 Å². The molecule has 15 heavy (non-hydrogen) atoms. The summed E-state index contributed by atoms with van der Waals surface area (Å²) >= 11 is 0. The molecule has 0 radical (unpaired) electrons. The van der Waals surface area contributed by atoms with Gasteiger partial charge in [-0.15, -0.1) is 0 Å². The van der Waals surface area contributed by atoms with Crippen LogP contribution in [-0.2, 0) is 9.84 Å².